The van der Waals surface area contributed by atoms with Crippen LogP contribution in [0.2, 0.25) is 0 Å². The molecule has 2 saturated heterocycles. The first-order chi connectivity index (χ1) is 10.1. The van der Waals surface area contributed by atoms with E-state index in [1.807, 2.05) is 25.1 Å². The van der Waals surface area contributed by atoms with E-state index in [0.29, 0.717) is 6.10 Å². The molecule has 6 nitrogen and oxygen atoms in total. The van der Waals surface area contributed by atoms with Crippen LogP contribution >= 0.6 is 0 Å². The van der Waals surface area contributed by atoms with E-state index in [-0.39, 0.29) is 5.60 Å². The Bertz CT molecular complexity index is 486. The summed E-state index contributed by atoms with van der Waals surface area (Å²) in [6.45, 7) is 5.41. The monoisotopic (exact) mass is 292 g/mol. The largest absolute Gasteiger partial charge is 0.378 e. The summed E-state index contributed by atoms with van der Waals surface area (Å²) in [6.07, 6.45) is 3.96. The Balaban J connectivity index is 1.63. The van der Waals surface area contributed by atoms with Crippen molar-refractivity contribution < 1.29 is 9.47 Å². The van der Waals surface area contributed by atoms with Gasteiger partial charge in [-0.1, -0.05) is 0 Å². The molecule has 2 aliphatic rings. The standard InChI is InChI=1S/C15H24N4O2/c1-4-20-12-5-6-21-15(8-12)9-19(10-15)14-7-13(18(2)3)16-11-17-14/h7,11-12H,4-6,8-10H2,1-3H3. The molecule has 21 heavy (non-hydrogen) atoms. The maximum atomic E-state index is 6.03. The van der Waals surface area contributed by atoms with E-state index in [1.54, 1.807) is 6.33 Å². The molecule has 0 bridgehead atoms. The van der Waals surface area contributed by atoms with Gasteiger partial charge in [-0.2, -0.15) is 0 Å². The molecule has 1 aromatic rings. The maximum absolute atomic E-state index is 6.03. The van der Waals surface area contributed by atoms with Gasteiger partial charge in [-0.05, 0) is 13.3 Å². The molecule has 2 fully saturated rings. The van der Waals surface area contributed by atoms with Crippen molar-refractivity contribution in [1.82, 2.24) is 9.97 Å². The van der Waals surface area contributed by atoms with Crippen molar-refractivity contribution in [3.63, 3.8) is 0 Å². The summed E-state index contributed by atoms with van der Waals surface area (Å²) in [4.78, 5) is 12.9. The Kier molecular flexibility index (Phi) is 3.99. The van der Waals surface area contributed by atoms with E-state index in [4.69, 9.17) is 9.47 Å². The van der Waals surface area contributed by atoms with Crippen molar-refractivity contribution in [3.8, 4) is 0 Å². The molecule has 0 aliphatic carbocycles. The second kappa shape index (κ2) is 5.77. The van der Waals surface area contributed by atoms with Crippen LogP contribution in [-0.4, -0.2) is 62.1 Å². The molecule has 3 heterocycles. The van der Waals surface area contributed by atoms with Gasteiger partial charge in [0.15, 0.2) is 0 Å². The molecular formula is C15H24N4O2. The van der Waals surface area contributed by atoms with Crippen LogP contribution in [0.4, 0.5) is 11.6 Å². The predicted molar refractivity (Wildman–Crippen MR) is 81.9 cm³/mol. The smallest absolute Gasteiger partial charge is 0.134 e. The molecule has 0 amide bonds. The summed E-state index contributed by atoms with van der Waals surface area (Å²) >= 11 is 0. The van der Waals surface area contributed by atoms with Gasteiger partial charge in [-0.3, -0.25) is 0 Å². The highest BCUT2D eigenvalue weighted by Gasteiger charge is 2.48. The normalized spacial score (nSPS) is 24.0. The highest BCUT2D eigenvalue weighted by molar-refractivity contribution is 5.52. The van der Waals surface area contributed by atoms with Gasteiger partial charge in [0, 0.05) is 39.8 Å². The fourth-order valence-electron chi connectivity index (χ4n) is 3.15. The zero-order chi connectivity index (χ0) is 14.9. The summed E-state index contributed by atoms with van der Waals surface area (Å²) in [6, 6.07) is 2.02. The number of nitrogens with zero attached hydrogens (tertiary/aromatic N) is 4. The molecule has 0 radical (unpaired) electrons. The molecule has 1 unspecified atom stereocenters. The van der Waals surface area contributed by atoms with E-state index in [9.17, 15) is 0 Å². The number of anilines is 2. The SMILES string of the molecule is CCOC1CCOC2(C1)CN(c1cc(N(C)C)ncn1)C2. The maximum Gasteiger partial charge on any atom is 0.134 e. The molecule has 1 atom stereocenters. The first-order valence-corrected chi connectivity index (χ1v) is 7.62. The van der Waals surface area contributed by atoms with Crippen LogP contribution in [0.5, 0.6) is 0 Å². The summed E-state index contributed by atoms with van der Waals surface area (Å²) in [5.74, 6) is 1.90. The molecule has 6 heteroatoms. The number of ether oxygens (including phenoxy) is 2. The lowest BCUT2D eigenvalue weighted by molar-refractivity contribution is -0.144. The fraction of sp³-hybridized carbons (Fsp3) is 0.733. The second-order valence-electron chi connectivity index (χ2n) is 6.09. The van der Waals surface area contributed by atoms with Crippen molar-refractivity contribution in [1.29, 1.82) is 0 Å². The molecule has 0 N–H and O–H groups in total. The van der Waals surface area contributed by atoms with Crippen molar-refractivity contribution >= 4 is 11.6 Å². The lowest BCUT2D eigenvalue weighted by Gasteiger charge is -2.53. The van der Waals surface area contributed by atoms with Crippen LogP contribution < -0.4 is 9.80 Å². The van der Waals surface area contributed by atoms with Gasteiger partial charge >= 0.3 is 0 Å². The molecule has 1 spiro atoms. The predicted octanol–water partition coefficient (Wildman–Crippen LogP) is 1.32. The van der Waals surface area contributed by atoms with Gasteiger partial charge in [-0.25, -0.2) is 9.97 Å². The first-order valence-electron chi connectivity index (χ1n) is 7.62. The summed E-state index contributed by atoms with van der Waals surface area (Å²) < 4.78 is 11.8. The van der Waals surface area contributed by atoms with E-state index in [1.165, 1.54) is 0 Å². The van der Waals surface area contributed by atoms with E-state index >= 15 is 0 Å². The second-order valence-corrected chi connectivity index (χ2v) is 6.09. The Hall–Kier alpha value is -1.40. The van der Waals surface area contributed by atoms with E-state index in [2.05, 4.69) is 21.8 Å². The average molecular weight is 292 g/mol. The van der Waals surface area contributed by atoms with Crippen LogP contribution in [0, 0.1) is 0 Å². The fourth-order valence-corrected chi connectivity index (χ4v) is 3.15. The summed E-state index contributed by atoms with van der Waals surface area (Å²) in [7, 11) is 3.97. The molecule has 2 aliphatic heterocycles. The van der Waals surface area contributed by atoms with Crippen LogP contribution in [0.1, 0.15) is 19.8 Å². The van der Waals surface area contributed by atoms with Crippen molar-refractivity contribution in [2.24, 2.45) is 0 Å². The molecule has 3 rings (SSSR count). The third kappa shape index (κ3) is 2.96. The third-order valence-corrected chi connectivity index (χ3v) is 4.23. The average Bonchev–Trinajstić information content (AvgIpc) is 2.45. The zero-order valence-electron chi connectivity index (χ0n) is 13.1. The lowest BCUT2D eigenvalue weighted by atomic mass is 9.84. The van der Waals surface area contributed by atoms with Crippen molar-refractivity contribution in [2.75, 3.05) is 50.2 Å². The third-order valence-electron chi connectivity index (χ3n) is 4.23. The minimum absolute atomic E-state index is 0.0404. The summed E-state index contributed by atoms with van der Waals surface area (Å²) in [5, 5.41) is 0. The molecule has 116 valence electrons. The van der Waals surface area contributed by atoms with Gasteiger partial charge in [0.05, 0.1) is 19.2 Å². The lowest BCUT2D eigenvalue weighted by Crippen LogP contribution is -2.66. The van der Waals surface area contributed by atoms with Crippen molar-refractivity contribution in [2.45, 2.75) is 31.5 Å². The Labute approximate surface area is 126 Å². The first kappa shape index (κ1) is 14.5. The summed E-state index contributed by atoms with van der Waals surface area (Å²) in [5.41, 5.74) is -0.0404. The van der Waals surface area contributed by atoms with E-state index in [0.717, 1.165) is 50.8 Å². The van der Waals surface area contributed by atoms with Crippen LogP contribution in [-0.2, 0) is 9.47 Å². The number of rotatable bonds is 4. The van der Waals surface area contributed by atoms with Crippen LogP contribution in [0.15, 0.2) is 12.4 Å². The van der Waals surface area contributed by atoms with E-state index < -0.39 is 0 Å². The van der Waals surface area contributed by atoms with Crippen molar-refractivity contribution in [3.05, 3.63) is 12.4 Å². The number of aromatic nitrogens is 2. The Morgan fingerprint density at radius 1 is 1.43 bits per heavy atom. The van der Waals surface area contributed by atoms with Gasteiger partial charge in [0.1, 0.15) is 23.6 Å². The topological polar surface area (TPSA) is 50.7 Å². The number of hydrogen-bond donors (Lipinski definition) is 0. The van der Waals surface area contributed by atoms with Crippen LogP contribution in [0.25, 0.3) is 0 Å². The minimum Gasteiger partial charge on any atom is -0.378 e. The highest BCUT2D eigenvalue weighted by Crippen LogP contribution is 2.37. The van der Waals surface area contributed by atoms with Crippen LogP contribution in [0.3, 0.4) is 0 Å². The highest BCUT2D eigenvalue weighted by atomic mass is 16.5. The Morgan fingerprint density at radius 2 is 2.24 bits per heavy atom. The van der Waals surface area contributed by atoms with Gasteiger partial charge in [-0.15, -0.1) is 0 Å². The minimum atomic E-state index is -0.0404. The Morgan fingerprint density at radius 3 is 2.95 bits per heavy atom. The molecule has 1 aromatic heterocycles. The quantitative estimate of drug-likeness (QED) is 0.834. The number of hydrogen-bond acceptors (Lipinski definition) is 6. The van der Waals surface area contributed by atoms with Gasteiger partial charge in [0.2, 0.25) is 0 Å². The van der Waals surface area contributed by atoms with Gasteiger partial charge < -0.3 is 19.3 Å². The van der Waals surface area contributed by atoms with Gasteiger partial charge in [0.25, 0.3) is 0 Å². The molecule has 0 aromatic carbocycles. The zero-order valence-corrected chi connectivity index (χ0v) is 13.1. The molecule has 0 saturated carbocycles. The molecular weight excluding hydrogens is 268 g/mol.